The fourth-order valence-corrected chi connectivity index (χ4v) is 6.02. The summed E-state index contributed by atoms with van der Waals surface area (Å²) in [5, 5.41) is 13.8. The van der Waals surface area contributed by atoms with Crippen molar-refractivity contribution >= 4 is 57.6 Å². The number of thioether (sulfide) groups is 1. The number of hydrogen-bond acceptors (Lipinski definition) is 7. The second-order valence-corrected chi connectivity index (χ2v) is 12.9. The maximum atomic E-state index is 14.2. The molecule has 3 heterocycles. The van der Waals surface area contributed by atoms with Gasteiger partial charge in [-0.15, -0.1) is 0 Å². The van der Waals surface area contributed by atoms with Gasteiger partial charge in [0.2, 0.25) is 0 Å². The summed E-state index contributed by atoms with van der Waals surface area (Å²) in [6, 6.07) is 7.48. The van der Waals surface area contributed by atoms with E-state index >= 15 is 0 Å². The van der Waals surface area contributed by atoms with Crippen molar-refractivity contribution in [2.45, 2.75) is 50.9 Å². The van der Waals surface area contributed by atoms with Gasteiger partial charge in [-0.25, -0.2) is 9.67 Å². The predicted molar refractivity (Wildman–Crippen MR) is 168 cm³/mol. The third-order valence-electron chi connectivity index (χ3n) is 6.71. The molecule has 19 heteroatoms. The maximum Gasteiger partial charge on any atom is 0.460 e. The van der Waals surface area contributed by atoms with E-state index in [0.29, 0.717) is 21.7 Å². The van der Waals surface area contributed by atoms with Crippen LogP contribution in [-0.2, 0) is 18.9 Å². The summed E-state index contributed by atoms with van der Waals surface area (Å²) in [5.74, 6) is -12.4. The quantitative estimate of drug-likeness (QED) is 0.0968. The number of amides is 1. The molecule has 0 aliphatic heterocycles. The molecule has 252 valence electrons. The molecule has 1 amide bonds. The minimum atomic E-state index is -6.56. The van der Waals surface area contributed by atoms with Crippen LogP contribution in [0.2, 0.25) is 5.02 Å². The molecule has 1 N–H and O–H groups in total. The van der Waals surface area contributed by atoms with E-state index in [-0.39, 0.29) is 52.4 Å². The SMILES string of the molecule is CSC[C@H](C)NC(=O)c1cc(I)cc(C)c1CC(=O)c1cc(Cn2ncc(C(F)(F)C(F)(F)C(F)(F)F)n2)nn1-c1ncccc1Cl. The lowest BCUT2D eigenvalue weighted by Gasteiger charge is -2.26. The zero-order chi connectivity index (χ0) is 34.9. The molecule has 0 saturated carbocycles. The summed E-state index contributed by atoms with van der Waals surface area (Å²) in [4.78, 5) is 31.7. The van der Waals surface area contributed by atoms with Crippen LogP contribution in [0.25, 0.3) is 5.82 Å². The summed E-state index contributed by atoms with van der Waals surface area (Å²) >= 11 is 9.92. The van der Waals surface area contributed by atoms with Gasteiger partial charge in [-0.1, -0.05) is 11.6 Å². The Balaban J connectivity index is 1.71. The van der Waals surface area contributed by atoms with Crippen molar-refractivity contribution in [2.75, 3.05) is 12.0 Å². The Morgan fingerprint density at radius 1 is 1.11 bits per heavy atom. The molecule has 0 spiro atoms. The molecule has 3 aromatic heterocycles. The molecular weight excluding hydrogens is 794 g/mol. The fourth-order valence-electron chi connectivity index (χ4n) is 4.46. The van der Waals surface area contributed by atoms with E-state index in [9.17, 15) is 40.3 Å². The standard InChI is InChI=1S/C28H24ClF7IN7O2S/c1-14-7-16(37)8-19(25(46)40-15(2)13-47-3)18(14)10-22(45)21-9-17(41-44(21)24-20(29)5-4-6-38-24)12-43-39-11-23(42-43)26(30,31)27(32,33)28(34,35)36/h4-9,11,15H,10,12-13H2,1-3H3,(H,40,46)/t15-/m0/s1. The average Bonchev–Trinajstić information content (AvgIpc) is 3.62. The molecule has 0 fully saturated rings. The number of pyridine rings is 1. The van der Waals surface area contributed by atoms with Crippen molar-refractivity contribution in [1.29, 1.82) is 0 Å². The van der Waals surface area contributed by atoms with E-state index in [4.69, 9.17) is 11.6 Å². The number of alkyl halides is 7. The first-order valence-electron chi connectivity index (χ1n) is 13.4. The third kappa shape index (κ3) is 7.74. The Morgan fingerprint density at radius 3 is 2.45 bits per heavy atom. The summed E-state index contributed by atoms with van der Waals surface area (Å²) in [6.45, 7) is 2.97. The first kappa shape index (κ1) is 36.6. The van der Waals surface area contributed by atoms with Crippen LogP contribution in [0.4, 0.5) is 30.7 Å². The van der Waals surface area contributed by atoms with Gasteiger partial charge in [-0.2, -0.15) is 62.6 Å². The van der Waals surface area contributed by atoms with E-state index in [1.54, 1.807) is 30.8 Å². The second-order valence-electron chi connectivity index (χ2n) is 10.3. The molecule has 1 aromatic carbocycles. The number of hydrogen-bond donors (Lipinski definition) is 1. The molecule has 4 rings (SSSR count). The van der Waals surface area contributed by atoms with E-state index in [0.717, 1.165) is 8.25 Å². The van der Waals surface area contributed by atoms with Crippen LogP contribution in [0.3, 0.4) is 0 Å². The van der Waals surface area contributed by atoms with Gasteiger partial charge in [0.1, 0.15) is 12.2 Å². The van der Waals surface area contributed by atoms with E-state index in [1.807, 2.05) is 13.2 Å². The maximum absolute atomic E-state index is 14.2. The van der Waals surface area contributed by atoms with Gasteiger partial charge >= 0.3 is 18.0 Å². The lowest BCUT2D eigenvalue weighted by atomic mass is 9.95. The monoisotopic (exact) mass is 817 g/mol. The van der Waals surface area contributed by atoms with Crippen LogP contribution < -0.4 is 5.32 Å². The Morgan fingerprint density at radius 2 is 1.81 bits per heavy atom. The molecule has 0 aliphatic rings. The number of carbonyl (C=O) groups excluding carboxylic acids is 2. The van der Waals surface area contributed by atoms with Crippen molar-refractivity contribution in [3.05, 3.63) is 85.1 Å². The molecule has 0 unspecified atom stereocenters. The number of aromatic nitrogens is 6. The first-order chi connectivity index (χ1) is 21.9. The van der Waals surface area contributed by atoms with Crippen LogP contribution in [0.15, 0.2) is 42.7 Å². The van der Waals surface area contributed by atoms with Crippen molar-refractivity contribution in [3.63, 3.8) is 0 Å². The zero-order valence-corrected chi connectivity index (χ0v) is 28.3. The first-order valence-corrected chi connectivity index (χ1v) is 16.3. The molecular formula is C28H24ClF7IN7O2S. The normalized spacial score (nSPS) is 13.1. The molecule has 47 heavy (non-hydrogen) atoms. The number of nitrogens with zero attached hydrogens (tertiary/aromatic N) is 6. The number of benzene rings is 1. The summed E-state index contributed by atoms with van der Waals surface area (Å²) in [6.07, 6.45) is -3.50. The molecule has 0 radical (unpaired) electrons. The number of aryl methyl sites for hydroxylation is 1. The Bertz CT molecular complexity index is 1800. The van der Waals surface area contributed by atoms with E-state index in [1.165, 1.54) is 24.4 Å². The Hall–Kier alpha value is -3.26. The van der Waals surface area contributed by atoms with Crippen molar-refractivity contribution in [3.8, 4) is 5.82 Å². The van der Waals surface area contributed by atoms with Crippen LogP contribution in [0, 0.1) is 10.5 Å². The highest BCUT2D eigenvalue weighted by Gasteiger charge is 2.74. The van der Waals surface area contributed by atoms with Crippen LogP contribution >= 0.6 is 46.0 Å². The summed E-state index contributed by atoms with van der Waals surface area (Å²) in [5.41, 5.74) is -0.747. The van der Waals surface area contributed by atoms with Crippen molar-refractivity contribution < 1.29 is 40.3 Å². The number of Topliss-reactive ketones (excluding diaryl/α,β-unsaturated/α-hetero) is 1. The van der Waals surface area contributed by atoms with Crippen LogP contribution in [0.1, 0.15) is 50.3 Å². The lowest BCUT2D eigenvalue weighted by molar-refractivity contribution is -0.360. The second kappa shape index (κ2) is 14.1. The van der Waals surface area contributed by atoms with Gasteiger partial charge in [0.15, 0.2) is 17.3 Å². The van der Waals surface area contributed by atoms with E-state index < -0.39 is 36.0 Å². The Kier molecular flexibility index (Phi) is 11.0. The fraction of sp³-hybridized carbons (Fsp3) is 0.357. The highest BCUT2D eigenvalue weighted by molar-refractivity contribution is 14.1. The molecule has 9 nitrogen and oxygen atoms in total. The van der Waals surface area contributed by atoms with Crippen molar-refractivity contribution in [1.82, 2.24) is 35.1 Å². The average molecular weight is 818 g/mol. The highest BCUT2D eigenvalue weighted by atomic mass is 127. The third-order valence-corrected chi connectivity index (χ3v) is 8.46. The summed E-state index contributed by atoms with van der Waals surface area (Å²) in [7, 11) is 0. The number of carbonyl (C=O) groups is 2. The minimum Gasteiger partial charge on any atom is -0.349 e. The van der Waals surface area contributed by atoms with E-state index in [2.05, 4.69) is 48.2 Å². The van der Waals surface area contributed by atoms with Gasteiger partial charge in [0.05, 0.1) is 16.9 Å². The van der Waals surface area contributed by atoms with Gasteiger partial charge < -0.3 is 5.32 Å². The zero-order valence-electron chi connectivity index (χ0n) is 24.5. The van der Waals surface area contributed by atoms with Gasteiger partial charge in [0.25, 0.3) is 5.91 Å². The molecule has 4 aromatic rings. The number of ketones is 1. The van der Waals surface area contributed by atoms with Gasteiger partial charge in [-0.3, -0.25) is 9.59 Å². The molecule has 0 aliphatic carbocycles. The minimum absolute atomic E-state index is 0.00239. The van der Waals surface area contributed by atoms with Gasteiger partial charge in [0, 0.05) is 33.5 Å². The van der Waals surface area contributed by atoms with Crippen LogP contribution in [0.5, 0.6) is 0 Å². The van der Waals surface area contributed by atoms with Crippen molar-refractivity contribution in [2.24, 2.45) is 0 Å². The predicted octanol–water partition coefficient (Wildman–Crippen LogP) is 6.67. The number of rotatable bonds is 12. The number of halogens is 9. The largest absolute Gasteiger partial charge is 0.460 e. The topological polar surface area (TPSA) is 108 Å². The van der Waals surface area contributed by atoms with Crippen LogP contribution in [-0.4, -0.2) is 71.6 Å². The smallest absolute Gasteiger partial charge is 0.349 e. The lowest BCUT2D eigenvalue weighted by Crippen LogP contribution is -2.50. The Labute approximate surface area is 285 Å². The highest BCUT2D eigenvalue weighted by Crippen LogP contribution is 2.51. The molecule has 0 bridgehead atoms. The molecule has 1 atom stereocenters. The van der Waals surface area contributed by atoms with Gasteiger partial charge in [-0.05, 0) is 84.2 Å². The summed E-state index contributed by atoms with van der Waals surface area (Å²) < 4.78 is 95.3. The molecule has 0 saturated heterocycles. The number of nitrogens with one attached hydrogen (secondary N) is 1.